The fourth-order valence-corrected chi connectivity index (χ4v) is 2.73. The molecule has 0 aliphatic heterocycles. The summed E-state index contributed by atoms with van der Waals surface area (Å²) in [5.41, 5.74) is 0. The van der Waals surface area contributed by atoms with Crippen molar-refractivity contribution in [2.24, 2.45) is 0 Å². The molecule has 0 unspecified atom stereocenters. The van der Waals surface area contributed by atoms with E-state index in [1.54, 1.807) is 0 Å². The van der Waals surface area contributed by atoms with Crippen LogP contribution in [-0.4, -0.2) is 19.8 Å². The molecule has 1 aromatic heterocycles. The minimum atomic E-state index is 0.633. The van der Waals surface area contributed by atoms with Crippen molar-refractivity contribution in [3.8, 4) is 11.5 Å². The zero-order valence-corrected chi connectivity index (χ0v) is 12.8. The van der Waals surface area contributed by atoms with Gasteiger partial charge < -0.3 is 14.8 Å². The Labute approximate surface area is 124 Å². The molecule has 108 valence electrons. The van der Waals surface area contributed by atoms with Crippen LogP contribution >= 0.6 is 11.3 Å². The van der Waals surface area contributed by atoms with Crippen molar-refractivity contribution in [1.29, 1.82) is 0 Å². The van der Waals surface area contributed by atoms with E-state index in [-0.39, 0.29) is 0 Å². The topological polar surface area (TPSA) is 30.5 Å². The first-order valence-corrected chi connectivity index (χ1v) is 7.72. The van der Waals surface area contributed by atoms with Crippen LogP contribution in [0.15, 0.2) is 36.4 Å². The quantitative estimate of drug-likeness (QED) is 0.753. The molecule has 0 bridgehead atoms. The molecule has 0 amide bonds. The third kappa shape index (κ3) is 4.54. The van der Waals surface area contributed by atoms with Crippen molar-refractivity contribution in [2.45, 2.75) is 20.4 Å². The van der Waals surface area contributed by atoms with E-state index >= 15 is 0 Å². The monoisotopic (exact) mass is 291 g/mol. The predicted octanol–water partition coefficient (Wildman–Crippen LogP) is 3.62. The van der Waals surface area contributed by atoms with E-state index in [4.69, 9.17) is 9.47 Å². The van der Waals surface area contributed by atoms with Crippen molar-refractivity contribution in [3.05, 3.63) is 46.2 Å². The molecule has 0 fully saturated rings. The van der Waals surface area contributed by atoms with Crippen molar-refractivity contribution >= 4 is 11.3 Å². The van der Waals surface area contributed by atoms with Gasteiger partial charge in [0.15, 0.2) is 11.5 Å². The number of benzene rings is 1. The van der Waals surface area contributed by atoms with Crippen LogP contribution in [0.5, 0.6) is 11.5 Å². The first-order chi connectivity index (χ1) is 9.79. The molecule has 2 aromatic rings. The number of ether oxygens (including phenoxy) is 2. The van der Waals surface area contributed by atoms with E-state index in [9.17, 15) is 0 Å². The normalized spacial score (nSPS) is 10.5. The van der Waals surface area contributed by atoms with E-state index in [0.717, 1.165) is 24.6 Å². The fraction of sp³-hybridized carbons (Fsp3) is 0.375. The lowest BCUT2D eigenvalue weighted by atomic mass is 10.3. The Balaban J connectivity index is 1.70. The van der Waals surface area contributed by atoms with Crippen LogP contribution in [0.25, 0.3) is 0 Å². The van der Waals surface area contributed by atoms with Crippen LogP contribution in [-0.2, 0) is 6.54 Å². The van der Waals surface area contributed by atoms with Gasteiger partial charge in [0.05, 0.1) is 6.61 Å². The summed E-state index contributed by atoms with van der Waals surface area (Å²) in [6.07, 6.45) is 0. The van der Waals surface area contributed by atoms with Gasteiger partial charge in [-0.05, 0) is 38.1 Å². The van der Waals surface area contributed by atoms with Gasteiger partial charge in [0.2, 0.25) is 0 Å². The lowest BCUT2D eigenvalue weighted by molar-refractivity contribution is 0.276. The van der Waals surface area contributed by atoms with E-state index in [2.05, 4.69) is 24.4 Å². The molecule has 0 spiro atoms. The minimum Gasteiger partial charge on any atom is -0.490 e. The van der Waals surface area contributed by atoms with Gasteiger partial charge in [0.25, 0.3) is 0 Å². The molecule has 0 saturated carbocycles. The second-order valence-electron chi connectivity index (χ2n) is 4.42. The SMILES string of the molecule is CCOc1ccccc1OCCNCc1ccc(C)s1. The van der Waals surface area contributed by atoms with E-state index in [1.807, 2.05) is 42.5 Å². The van der Waals surface area contributed by atoms with Gasteiger partial charge in [-0.1, -0.05) is 12.1 Å². The molecule has 1 aromatic carbocycles. The Morgan fingerprint density at radius 2 is 1.80 bits per heavy atom. The molecule has 4 heteroatoms. The van der Waals surface area contributed by atoms with Crippen molar-refractivity contribution in [1.82, 2.24) is 5.32 Å². The predicted molar refractivity (Wildman–Crippen MR) is 83.9 cm³/mol. The summed E-state index contributed by atoms with van der Waals surface area (Å²) in [5, 5.41) is 3.38. The Morgan fingerprint density at radius 1 is 1.05 bits per heavy atom. The largest absolute Gasteiger partial charge is 0.490 e. The Morgan fingerprint density at radius 3 is 2.45 bits per heavy atom. The fourth-order valence-electron chi connectivity index (χ4n) is 1.87. The minimum absolute atomic E-state index is 0.633. The van der Waals surface area contributed by atoms with Crippen molar-refractivity contribution < 1.29 is 9.47 Å². The number of rotatable bonds is 8. The number of hydrogen-bond donors (Lipinski definition) is 1. The van der Waals surface area contributed by atoms with Crippen molar-refractivity contribution in [2.75, 3.05) is 19.8 Å². The van der Waals surface area contributed by atoms with E-state index in [1.165, 1.54) is 9.75 Å². The highest BCUT2D eigenvalue weighted by molar-refractivity contribution is 7.11. The van der Waals surface area contributed by atoms with E-state index < -0.39 is 0 Å². The zero-order valence-electron chi connectivity index (χ0n) is 12.0. The second kappa shape index (κ2) is 7.92. The highest BCUT2D eigenvalue weighted by Crippen LogP contribution is 2.26. The summed E-state index contributed by atoms with van der Waals surface area (Å²) in [5.74, 6) is 1.62. The standard InChI is InChI=1S/C16H21NO2S/c1-3-18-15-6-4-5-7-16(15)19-11-10-17-12-14-9-8-13(2)20-14/h4-9,17H,3,10-12H2,1-2H3. The van der Waals surface area contributed by atoms with Gasteiger partial charge >= 0.3 is 0 Å². The smallest absolute Gasteiger partial charge is 0.161 e. The van der Waals surface area contributed by atoms with Gasteiger partial charge in [0.1, 0.15) is 6.61 Å². The average molecular weight is 291 g/mol. The van der Waals surface area contributed by atoms with Gasteiger partial charge in [-0.15, -0.1) is 11.3 Å². The lowest BCUT2D eigenvalue weighted by Gasteiger charge is -2.11. The van der Waals surface area contributed by atoms with Crippen LogP contribution in [0.3, 0.4) is 0 Å². The summed E-state index contributed by atoms with van der Waals surface area (Å²) >= 11 is 1.83. The summed E-state index contributed by atoms with van der Waals surface area (Å²) < 4.78 is 11.3. The molecule has 2 rings (SSSR count). The maximum absolute atomic E-state index is 5.75. The van der Waals surface area contributed by atoms with Crippen LogP contribution < -0.4 is 14.8 Å². The lowest BCUT2D eigenvalue weighted by Crippen LogP contribution is -2.20. The molecule has 0 atom stereocenters. The van der Waals surface area contributed by atoms with E-state index in [0.29, 0.717) is 13.2 Å². The summed E-state index contributed by atoms with van der Waals surface area (Å²) in [6, 6.07) is 12.1. The summed E-state index contributed by atoms with van der Waals surface area (Å²) in [6.45, 7) is 7.10. The summed E-state index contributed by atoms with van der Waals surface area (Å²) in [4.78, 5) is 2.71. The molecule has 0 aliphatic rings. The molecule has 0 radical (unpaired) electrons. The third-order valence-corrected chi connectivity index (χ3v) is 3.78. The maximum atomic E-state index is 5.75. The number of para-hydroxylation sites is 2. The highest BCUT2D eigenvalue weighted by Gasteiger charge is 2.02. The molecule has 0 aliphatic carbocycles. The number of aryl methyl sites for hydroxylation is 1. The highest BCUT2D eigenvalue weighted by atomic mass is 32.1. The molecule has 3 nitrogen and oxygen atoms in total. The van der Waals surface area contributed by atoms with Crippen molar-refractivity contribution in [3.63, 3.8) is 0 Å². The molecule has 0 saturated heterocycles. The van der Waals surface area contributed by atoms with Gasteiger partial charge in [-0.3, -0.25) is 0 Å². The second-order valence-corrected chi connectivity index (χ2v) is 5.79. The van der Waals surface area contributed by atoms with Crippen LogP contribution in [0.1, 0.15) is 16.7 Å². The third-order valence-electron chi connectivity index (χ3n) is 2.78. The number of hydrogen-bond acceptors (Lipinski definition) is 4. The molecular weight excluding hydrogens is 270 g/mol. The van der Waals surface area contributed by atoms with Crippen LogP contribution in [0.2, 0.25) is 0 Å². The Bertz CT molecular complexity index is 525. The Hall–Kier alpha value is -1.52. The van der Waals surface area contributed by atoms with Gasteiger partial charge in [-0.2, -0.15) is 0 Å². The van der Waals surface area contributed by atoms with Crippen LogP contribution in [0.4, 0.5) is 0 Å². The van der Waals surface area contributed by atoms with Gasteiger partial charge in [0, 0.05) is 22.8 Å². The molecule has 20 heavy (non-hydrogen) atoms. The molecule has 1 N–H and O–H groups in total. The molecular formula is C16H21NO2S. The first-order valence-electron chi connectivity index (χ1n) is 6.90. The average Bonchev–Trinajstić information content (AvgIpc) is 2.86. The Kier molecular flexibility index (Phi) is 5.89. The zero-order chi connectivity index (χ0) is 14.2. The number of nitrogens with one attached hydrogen (secondary N) is 1. The summed E-state index contributed by atoms with van der Waals surface area (Å²) in [7, 11) is 0. The van der Waals surface area contributed by atoms with Gasteiger partial charge in [-0.25, -0.2) is 0 Å². The van der Waals surface area contributed by atoms with Crippen LogP contribution in [0, 0.1) is 6.92 Å². The maximum Gasteiger partial charge on any atom is 0.161 e. The number of thiophene rings is 1. The first kappa shape index (κ1) is 14.9. The molecule has 1 heterocycles.